The van der Waals surface area contributed by atoms with Gasteiger partial charge < -0.3 is 15.6 Å². The highest BCUT2D eigenvalue weighted by atomic mass is 35.5. The van der Waals surface area contributed by atoms with Crippen LogP contribution in [-0.2, 0) is 22.4 Å². The number of carbonyl (C=O) groups is 2. The maximum absolute atomic E-state index is 12.2. The van der Waals surface area contributed by atoms with Crippen molar-refractivity contribution in [1.82, 2.24) is 9.61 Å². The van der Waals surface area contributed by atoms with Crippen molar-refractivity contribution >= 4 is 34.6 Å². The zero-order valence-corrected chi connectivity index (χ0v) is 17.1. The topological polar surface area (TPSA) is 107 Å². The molecule has 2 aromatic heterocycles. The summed E-state index contributed by atoms with van der Waals surface area (Å²) >= 11 is 6.02. The van der Waals surface area contributed by atoms with Gasteiger partial charge in [0.25, 0.3) is 0 Å². The number of aryl methyl sites for hydroxylation is 1. The molecule has 0 saturated heterocycles. The van der Waals surface area contributed by atoms with Gasteiger partial charge >= 0.3 is 5.97 Å². The van der Waals surface area contributed by atoms with Crippen molar-refractivity contribution in [3.05, 3.63) is 69.5 Å². The predicted octanol–water partition coefficient (Wildman–Crippen LogP) is 3.17. The Balaban J connectivity index is 1.97. The number of nitrogens with zero attached hydrogens (tertiary/aromatic N) is 2. The molecule has 1 aliphatic rings. The molecule has 1 amide bonds. The van der Waals surface area contributed by atoms with Crippen LogP contribution >= 0.6 is 11.6 Å². The van der Waals surface area contributed by atoms with E-state index in [1.807, 2.05) is 37.3 Å². The van der Waals surface area contributed by atoms with Crippen LogP contribution in [-0.4, -0.2) is 33.2 Å². The van der Waals surface area contributed by atoms with Crippen molar-refractivity contribution < 1.29 is 19.4 Å². The maximum Gasteiger partial charge on any atom is 0.341 e. The van der Waals surface area contributed by atoms with Gasteiger partial charge in [0.15, 0.2) is 6.61 Å². The number of aliphatic carboxylic acids is 1. The van der Waals surface area contributed by atoms with Gasteiger partial charge in [0, 0.05) is 28.6 Å². The van der Waals surface area contributed by atoms with Crippen LogP contribution in [0.15, 0.2) is 36.4 Å². The Hall–Kier alpha value is -3.32. The summed E-state index contributed by atoms with van der Waals surface area (Å²) in [5, 5.41) is 14.4. The smallest absolute Gasteiger partial charge is 0.341 e. The standard InChI is InChI=1S/C22H20ClN3O4/c1-12-9-18(30-11-19(27)28)21-20-15(3-2-4-16(20)22(24)29)17(26(21)25-12)10-13-5-7-14(23)8-6-13/h4-9H,2-3,10-11H2,1H3,(H2,24,29)(H,27,28). The number of rotatable bonds is 6. The zero-order chi connectivity index (χ0) is 21.4. The van der Waals surface area contributed by atoms with Gasteiger partial charge in [-0.15, -0.1) is 0 Å². The number of allylic oxidation sites excluding steroid dienone is 1. The molecule has 3 aromatic rings. The Kier molecular flexibility index (Phi) is 5.22. The minimum absolute atomic E-state index is 0.359. The molecule has 1 aromatic carbocycles. The van der Waals surface area contributed by atoms with E-state index in [2.05, 4.69) is 5.10 Å². The number of fused-ring (bicyclic) bond motifs is 3. The monoisotopic (exact) mass is 425 g/mol. The lowest BCUT2D eigenvalue weighted by atomic mass is 9.90. The van der Waals surface area contributed by atoms with Gasteiger partial charge in [0.1, 0.15) is 11.3 Å². The number of primary amides is 1. The molecule has 4 rings (SSSR count). The first kappa shape index (κ1) is 20.0. The molecule has 7 nitrogen and oxygen atoms in total. The number of amides is 1. The molecule has 0 atom stereocenters. The minimum atomic E-state index is -1.09. The van der Waals surface area contributed by atoms with Gasteiger partial charge in [-0.25, -0.2) is 9.31 Å². The van der Waals surface area contributed by atoms with Crippen molar-refractivity contribution in [3.8, 4) is 5.75 Å². The highest BCUT2D eigenvalue weighted by molar-refractivity contribution is 6.30. The Morgan fingerprint density at radius 3 is 2.70 bits per heavy atom. The van der Waals surface area contributed by atoms with Crippen molar-refractivity contribution in [1.29, 1.82) is 0 Å². The largest absolute Gasteiger partial charge is 0.480 e. The fraction of sp³-hybridized carbons (Fsp3) is 0.227. The molecule has 0 saturated carbocycles. The van der Waals surface area contributed by atoms with Crippen LogP contribution < -0.4 is 10.5 Å². The van der Waals surface area contributed by atoms with E-state index in [4.69, 9.17) is 27.2 Å². The molecule has 2 heterocycles. The zero-order valence-electron chi connectivity index (χ0n) is 16.3. The first-order chi connectivity index (χ1) is 14.3. The van der Waals surface area contributed by atoms with E-state index in [0.717, 1.165) is 23.2 Å². The van der Waals surface area contributed by atoms with Crippen LogP contribution in [0.2, 0.25) is 5.02 Å². The van der Waals surface area contributed by atoms with Crippen LogP contribution in [0.25, 0.3) is 11.1 Å². The SMILES string of the molecule is Cc1cc(OCC(=O)O)c2c3c(c(Cc4ccc(Cl)cc4)n2n1)CCC=C3C(N)=O. The van der Waals surface area contributed by atoms with Gasteiger partial charge in [0.05, 0.1) is 11.4 Å². The molecule has 3 N–H and O–H groups in total. The summed E-state index contributed by atoms with van der Waals surface area (Å²) in [5.74, 6) is -1.26. The number of nitrogens with two attached hydrogens (primary N) is 1. The van der Waals surface area contributed by atoms with Crippen LogP contribution in [0.1, 0.15) is 34.5 Å². The number of ether oxygens (including phenoxy) is 1. The highest BCUT2D eigenvalue weighted by Crippen LogP contribution is 2.39. The number of benzene rings is 1. The summed E-state index contributed by atoms with van der Waals surface area (Å²) in [4.78, 5) is 23.3. The molecule has 0 aliphatic heterocycles. The van der Waals surface area contributed by atoms with Crippen molar-refractivity contribution in [2.24, 2.45) is 5.73 Å². The average Bonchev–Trinajstić information content (AvgIpc) is 3.01. The lowest BCUT2D eigenvalue weighted by Crippen LogP contribution is -2.16. The molecule has 0 bridgehead atoms. The molecule has 0 radical (unpaired) electrons. The van der Waals surface area contributed by atoms with Crippen molar-refractivity contribution in [2.75, 3.05) is 6.61 Å². The summed E-state index contributed by atoms with van der Waals surface area (Å²) in [6.45, 7) is 1.31. The third-order valence-electron chi connectivity index (χ3n) is 5.10. The summed E-state index contributed by atoms with van der Waals surface area (Å²) in [6, 6.07) is 9.22. The number of halogens is 1. The number of carboxylic acid groups (broad SMARTS) is 1. The van der Waals surface area contributed by atoms with E-state index >= 15 is 0 Å². The fourth-order valence-electron chi connectivity index (χ4n) is 3.91. The Morgan fingerprint density at radius 2 is 2.03 bits per heavy atom. The Morgan fingerprint density at radius 1 is 1.30 bits per heavy atom. The lowest BCUT2D eigenvalue weighted by molar-refractivity contribution is -0.139. The second-order valence-electron chi connectivity index (χ2n) is 7.22. The Bertz CT molecular complexity index is 1200. The fourth-order valence-corrected chi connectivity index (χ4v) is 4.04. The van der Waals surface area contributed by atoms with E-state index < -0.39 is 18.5 Å². The maximum atomic E-state index is 12.2. The van der Waals surface area contributed by atoms with Gasteiger partial charge in [-0.3, -0.25) is 4.79 Å². The van der Waals surface area contributed by atoms with E-state index in [1.165, 1.54) is 0 Å². The molecule has 0 unspecified atom stereocenters. The van der Waals surface area contributed by atoms with Gasteiger partial charge in [-0.1, -0.05) is 29.8 Å². The van der Waals surface area contributed by atoms with Crippen LogP contribution in [0.4, 0.5) is 0 Å². The molecule has 1 aliphatic carbocycles. The normalized spacial score (nSPS) is 13.1. The number of carboxylic acids is 1. The van der Waals surface area contributed by atoms with E-state index in [0.29, 0.717) is 46.0 Å². The molecule has 154 valence electrons. The molecule has 8 heteroatoms. The van der Waals surface area contributed by atoms with Crippen LogP contribution in [0, 0.1) is 6.92 Å². The predicted molar refractivity (Wildman–Crippen MR) is 113 cm³/mol. The molecular formula is C22H20ClN3O4. The van der Waals surface area contributed by atoms with Crippen molar-refractivity contribution in [3.63, 3.8) is 0 Å². The van der Waals surface area contributed by atoms with Crippen LogP contribution in [0.3, 0.4) is 0 Å². The molecule has 0 spiro atoms. The van der Waals surface area contributed by atoms with Crippen molar-refractivity contribution in [2.45, 2.75) is 26.2 Å². The minimum Gasteiger partial charge on any atom is -0.480 e. The molecule has 0 fully saturated rings. The summed E-state index contributed by atoms with van der Waals surface area (Å²) in [6.07, 6.45) is 3.78. The van der Waals surface area contributed by atoms with Gasteiger partial charge in [-0.2, -0.15) is 5.10 Å². The van der Waals surface area contributed by atoms with E-state index in [-0.39, 0.29) is 0 Å². The molecule has 30 heavy (non-hydrogen) atoms. The number of hydrogen-bond acceptors (Lipinski definition) is 4. The first-order valence-electron chi connectivity index (χ1n) is 9.48. The highest BCUT2D eigenvalue weighted by Gasteiger charge is 2.29. The number of aromatic nitrogens is 2. The summed E-state index contributed by atoms with van der Waals surface area (Å²) in [5.41, 5.74) is 10.9. The second-order valence-corrected chi connectivity index (χ2v) is 7.65. The van der Waals surface area contributed by atoms with Crippen LogP contribution in [0.5, 0.6) is 5.75 Å². The summed E-state index contributed by atoms with van der Waals surface area (Å²) < 4.78 is 7.34. The third kappa shape index (κ3) is 3.64. The Labute approximate surface area is 177 Å². The van der Waals surface area contributed by atoms with E-state index in [9.17, 15) is 9.59 Å². The summed E-state index contributed by atoms with van der Waals surface area (Å²) in [7, 11) is 0. The second kappa shape index (κ2) is 7.84. The molecular weight excluding hydrogens is 406 g/mol. The lowest BCUT2D eigenvalue weighted by Gasteiger charge is -2.14. The van der Waals surface area contributed by atoms with E-state index in [1.54, 1.807) is 10.6 Å². The third-order valence-corrected chi connectivity index (χ3v) is 5.35. The quantitative estimate of drug-likeness (QED) is 0.630. The number of hydrogen-bond donors (Lipinski definition) is 2. The average molecular weight is 426 g/mol. The number of carbonyl (C=O) groups excluding carboxylic acids is 1. The first-order valence-corrected chi connectivity index (χ1v) is 9.86. The van der Waals surface area contributed by atoms with Gasteiger partial charge in [-0.05, 0) is 43.0 Å². The van der Waals surface area contributed by atoms with Gasteiger partial charge in [0.2, 0.25) is 5.91 Å².